The first-order chi connectivity index (χ1) is 8.17. The van der Waals surface area contributed by atoms with Crippen molar-refractivity contribution in [2.75, 3.05) is 25.5 Å². The fourth-order valence-corrected chi connectivity index (χ4v) is 3.60. The van der Waals surface area contributed by atoms with E-state index in [9.17, 15) is 0 Å². The average Bonchev–Trinajstić information content (AvgIpc) is 2.28. The van der Waals surface area contributed by atoms with Crippen LogP contribution in [0.5, 0.6) is 0 Å². The Morgan fingerprint density at radius 1 is 1.29 bits per heavy atom. The standard InChI is InChI=1S/C12H20N4S/c1-9-6-16(7-10(2)17-9)8-11-4-15-12(13-3)5-14-11/h4-5,9-10H,6-8H2,1-3H3,(H,13,15). The highest BCUT2D eigenvalue weighted by atomic mass is 32.2. The van der Waals surface area contributed by atoms with Crippen LogP contribution in [0.15, 0.2) is 12.4 Å². The van der Waals surface area contributed by atoms with Gasteiger partial charge in [0, 0.05) is 37.2 Å². The molecule has 0 aromatic carbocycles. The van der Waals surface area contributed by atoms with Gasteiger partial charge in [-0.25, -0.2) is 4.98 Å². The minimum absolute atomic E-state index is 0.711. The number of aromatic nitrogens is 2. The van der Waals surface area contributed by atoms with Crippen LogP contribution in [0, 0.1) is 0 Å². The van der Waals surface area contributed by atoms with Gasteiger partial charge in [0.15, 0.2) is 0 Å². The van der Waals surface area contributed by atoms with Crippen molar-refractivity contribution in [2.24, 2.45) is 0 Å². The molecule has 0 aliphatic carbocycles. The van der Waals surface area contributed by atoms with Gasteiger partial charge in [-0.2, -0.15) is 11.8 Å². The molecule has 1 aliphatic rings. The van der Waals surface area contributed by atoms with E-state index in [1.165, 1.54) is 0 Å². The van der Waals surface area contributed by atoms with E-state index in [2.05, 4.69) is 45.8 Å². The Kier molecular flexibility index (Phi) is 4.23. The minimum Gasteiger partial charge on any atom is -0.372 e. The number of nitrogens with one attached hydrogen (secondary N) is 1. The first-order valence-electron chi connectivity index (χ1n) is 6.04. The lowest BCUT2D eigenvalue weighted by atomic mass is 10.3. The van der Waals surface area contributed by atoms with Crippen LogP contribution < -0.4 is 5.32 Å². The molecule has 0 amide bonds. The summed E-state index contributed by atoms with van der Waals surface area (Å²) >= 11 is 2.07. The second kappa shape index (κ2) is 5.69. The molecule has 2 rings (SSSR count). The van der Waals surface area contributed by atoms with E-state index in [4.69, 9.17) is 0 Å². The first kappa shape index (κ1) is 12.6. The van der Waals surface area contributed by atoms with E-state index in [1.807, 2.05) is 13.2 Å². The Morgan fingerprint density at radius 2 is 2.00 bits per heavy atom. The number of anilines is 1. The molecule has 1 saturated heterocycles. The molecule has 1 aromatic rings. The van der Waals surface area contributed by atoms with Gasteiger partial charge in [-0.05, 0) is 0 Å². The molecule has 0 spiro atoms. The third kappa shape index (κ3) is 3.57. The van der Waals surface area contributed by atoms with Gasteiger partial charge in [-0.1, -0.05) is 13.8 Å². The summed E-state index contributed by atoms with van der Waals surface area (Å²) in [5, 5.41) is 4.40. The summed E-state index contributed by atoms with van der Waals surface area (Å²) in [6, 6.07) is 0. The van der Waals surface area contributed by atoms with Crippen molar-refractivity contribution >= 4 is 17.6 Å². The lowest BCUT2D eigenvalue weighted by Crippen LogP contribution is -2.39. The highest BCUT2D eigenvalue weighted by molar-refractivity contribution is 8.00. The topological polar surface area (TPSA) is 41.1 Å². The van der Waals surface area contributed by atoms with E-state index in [-0.39, 0.29) is 0 Å². The lowest BCUT2D eigenvalue weighted by Gasteiger charge is -2.34. The van der Waals surface area contributed by atoms with Gasteiger partial charge in [0.2, 0.25) is 0 Å². The highest BCUT2D eigenvalue weighted by Gasteiger charge is 2.22. The Bertz CT molecular complexity index is 344. The molecule has 1 aromatic heterocycles. The molecule has 0 bridgehead atoms. The van der Waals surface area contributed by atoms with Gasteiger partial charge >= 0.3 is 0 Å². The zero-order valence-electron chi connectivity index (χ0n) is 10.7. The molecular formula is C12H20N4S. The van der Waals surface area contributed by atoms with Crippen molar-refractivity contribution < 1.29 is 0 Å². The fraction of sp³-hybridized carbons (Fsp3) is 0.667. The second-order valence-corrected chi connectivity index (χ2v) is 6.48. The first-order valence-corrected chi connectivity index (χ1v) is 6.98. The maximum Gasteiger partial charge on any atom is 0.144 e. The fourth-order valence-electron chi connectivity index (χ4n) is 2.21. The molecule has 1 aliphatic heterocycles. The van der Waals surface area contributed by atoms with Crippen LogP contribution in [0.25, 0.3) is 0 Å². The summed E-state index contributed by atoms with van der Waals surface area (Å²) in [6.07, 6.45) is 3.66. The number of hydrogen-bond acceptors (Lipinski definition) is 5. The average molecular weight is 252 g/mol. The summed E-state index contributed by atoms with van der Waals surface area (Å²) in [7, 11) is 1.86. The number of thioether (sulfide) groups is 1. The van der Waals surface area contributed by atoms with Gasteiger partial charge in [-0.3, -0.25) is 9.88 Å². The molecule has 94 valence electrons. The van der Waals surface area contributed by atoms with Gasteiger partial charge in [0.05, 0.1) is 18.1 Å². The Morgan fingerprint density at radius 3 is 2.53 bits per heavy atom. The van der Waals surface area contributed by atoms with Crippen LogP contribution in [0.3, 0.4) is 0 Å². The molecule has 1 N–H and O–H groups in total. The molecule has 2 atom stereocenters. The number of rotatable bonds is 3. The molecule has 2 heterocycles. The number of hydrogen-bond donors (Lipinski definition) is 1. The second-order valence-electron chi connectivity index (χ2n) is 4.59. The van der Waals surface area contributed by atoms with E-state index in [0.717, 1.165) is 31.1 Å². The van der Waals surface area contributed by atoms with Crippen LogP contribution in [-0.2, 0) is 6.54 Å². The van der Waals surface area contributed by atoms with Crippen LogP contribution in [0.2, 0.25) is 0 Å². The van der Waals surface area contributed by atoms with Crippen molar-refractivity contribution in [1.82, 2.24) is 14.9 Å². The van der Waals surface area contributed by atoms with Gasteiger partial charge in [-0.15, -0.1) is 0 Å². The molecule has 4 nitrogen and oxygen atoms in total. The third-order valence-electron chi connectivity index (χ3n) is 2.84. The van der Waals surface area contributed by atoms with E-state index < -0.39 is 0 Å². The molecule has 17 heavy (non-hydrogen) atoms. The van der Waals surface area contributed by atoms with Crippen LogP contribution in [0.1, 0.15) is 19.5 Å². The molecule has 2 unspecified atom stereocenters. The van der Waals surface area contributed by atoms with Gasteiger partial charge in [0.25, 0.3) is 0 Å². The normalized spacial score (nSPS) is 25.8. The maximum absolute atomic E-state index is 4.42. The van der Waals surface area contributed by atoms with Crippen LogP contribution in [-0.4, -0.2) is 45.5 Å². The summed E-state index contributed by atoms with van der Waals surface area (Å²) in [4.78, 5) is 11.2. The molecule has 0 saturated carbocycles. The van der Waals surface area contributed by atoms with E-state index in [0.29, 0.717) is 10.5 Å². The Hall–Kier alpha value is -0.810. The molecule has 1 fully saturated rings. The van der Waals surface area contributed by atoms with E-state index in [1.54, 1.807) is 6.20 Å². The summed E-state index contributed by atoms with van der Waals surface area (Å²) in [6.45, 7) is 7.79. The summed E-state index contributed by atoms with van der Waals surface area (Å²) in [5.41, 5.74) is 1.05. The largest absolute Gasteiger partial charge is 0.372 e. The van der Waals surface area contributed by atoms with Gasteiger partial charge < -0.3 is 5.32 Å². The van der Waals surface area contributed by atoms with Gasteiger partial charge in [0.1, 0.15) is 5.82 Å². The highest BCUT2D eigenvalue weighted by Crippen LogP contribution is 2.25. The lowest BCUT2D eigenvalue weighted by molar-refractivity contribution is 0.259. The van der Waals surface area contributed by atoms with Crippen LogP contribution >= 0.6 is 11.8 Å². The predicted octanol–water partition coefficient (Wildman–Crippen LogP) is 1.84. The Balaban J connectivity index is 1.95. The zero-order chi connectivity index (χ0) is 12.3. The van der Waals surface area contributed by atoms with Crippen molar-refractivity contribution in [2.45, 2.75) is 30.9 Å². The van der Waals surface area contributed by atoms with Crippen molar-refractivity contribution in [3.8, 4) is 0 Å². The van der Waals surface area contributed by atoms with Crippen molar-refractivity contribution in [1.29, 1.82) is 0 Å². The maximum atomic E-state index is 4.42. The Labute approximate surface area is 107 Å². The molecular weight excluding hydrogens is 232 g/mol. The number of nitrogens with zero attached hydrogens (tertiary/aromatic N) is 3. The van der Waals surface area contributed by atoms with Crippen molar-refractivity contribution in [3.05, 3.63) is 18.1 Å². The third-order valence-corrected chi connectivity index (χ3v) is 4.07. The summed E-state index contributed by atoms with van der Waals surface area (Å²) < 4.78 is 0. The summed E-state index contributed by atoms with van der Waals surface area (Å²) in [5.74, 6) is 0.824. The zero-order valence-corrected chi connectivity index (χ0v) is 11.5. The monoisotopic (exact) mass is 252 g/mol. The smallest absolute Gasteiger partial charge is 0.144 e. The van der Waals surface area contributed by atoms with E-state index >= 15 is 0 Å². The minimum atomic E-state index is 0.711. The molecule has 5 heteroatoms. The van der Waals surface area contributed by atoms with Crippen molar-refractivity contribution in [3.63, 3.8) is 0 Å². The molecule has 0 radical (unpaired) electrons. The predicted molar refractivity (Wildman–Crippen MR) is 73.4 cm³/mol. The quantitative estimate of drug-likeness (QED) is 0.889. The van der Waals surface area contributed by atoms with Crippen LogP contribution in [0.4, 0.5) is 5.82 Å². The SMILES string of the molecule is CNc1cnc(CN2CC(C)SC(C)C2)cn1.